The molecule has 5 rings (SSSR count). The first-order valence-electron chi connectivity index (χ1n) is 17.6. The number of thiazole rings is 1. The van der Waals surface area contributed by atoms with Crippen LogP contribution in [0.4, 0.5) is 5.69 Å². The lowest BCUT2D eigenvalue weighted by Crippen LogP contribution is -2.46. The van der Waals surface area contributed by atoms with Gasteiger partial charge in [0.05, 0.1) is 52.3 Å². The van der Waals surface area contributed by atoms with E-state index in [1.165, 1.54) is 46.3 Å². The number of hydrogen-bond acceptors (Lipinski definition) is 14. The van der Waals surface area contributed by atoms with E-state index in [1.54, 1.807) is 46.8 Å². The number of aliphatic hydroxyl groups is 3. The van der Waals surface area contributed by atoms with Crippen LogP contribution in [-0.4, -0.2) is 85.5 Å². The van der Waals surface area contributed by atoms with Crippen LogP contribution in [0.25, 0.3) is 21.0 Å². The van der Waals surface area contributed by atoms with Gasteiger partial charge >= 0.3 is 11.8 Å². The molecule has 54 heavy (non-hydrogen) atoms. The molecule has 4 bridgehead atoms. The van der Waals surface area contributed by atoms with Crippen molar-refractivity contribution in [2.24, 2.45) is 23.7 Å². The van der Waals surface area contributed by atoms with Crippen LogP contribution in [0.1, 0.15) is 69.4 Å². The molecule has 9 atom stereocenters. The summed E-state index contributed by atoms with van der Waals surface area (Å²) < 4.78 is 23.8. The molecular weight excluding hydrogens is 720 g/mol. The van der Waals surface area contributed by atoms with Gasteiger partial charge in [-0.25, -0.2) is 4.98 Å². The lowest BCUT2D eigenvalue weighted by molar-refractivity contribution is -0.160. The maximum absolute atomic E-state index is 14.3. The van der Waals surface area contributed by atoms with Crippen molar-refractivity contribution in [2.75, 3.05) is 12.4 Å². The first-order valence-corrected chi connectivity index (χ1v) is 18.4. The smallest absolute Gasteiger partial charge is 0.312 e. The molecule has 0 radical (unpaired) electrons. The molecule has 1 aromatic heterocycles. The van der Waals surface area contributed by atoms with E-state index >= 15 is 0 Å². The van der Waals surface area contributed by atoms with Gasteiger partial charge in [0.2, 0.25) is 0 Å². The van der Waals surface area contributed by atoms with Crippen LogP contribution in [0.2, 0.25) is 0 Å². The standard InChI is InChI=1S/C39H48N2O12S/c1-16-11-10-12-17(2)38(49)41-29-33(47)26-25(28-36(29)54-24(15-42)40-28)27-35(21(6)32(26)46)53-39(8,37(27)48)51-14-13-23(50-9)18(3)34(52-22(7)43)20(5)31(45)19(4)30(16)44/h10-14,16,18-20,23,30-31,34,42,44-47H,15H2,1-9H3,(H,41,49)/b11-10+,14-13-,17-12+. The molecule has 15 heteroatoms. The van der Waals surface area contributed by atoms with Crippen LogP contribution in [0.3, 0.4) is 0 Å². The second-order valence-electron chi connectivity index (χ2n) is 14.3. The molecule has 0 fully saturated rings. The van der Waals surface area contributed by atoms with Crippen LogP contribution in [0.5, 0.6) is 17.2 Å². The number of carbonyl (C=O) groups is 3. The molecule has 9 unspecified atom stereocenters. The lowest BCUT2D eigenvalue weighted by Gasteiger charge is -2.38. The SMILES string of the molecule is COC1/C=C\OC2(C)Oc3c(C)c(O)c4c(O)c(c5sc(CO)nc5c4c3C2=O)NC(=O)/C(C)=C/C=C/C(C)C(O)C(C)C(O)C(C)C(OC(C)=O)C1C. The summed E-state index contributed by atoms with van der Waals surface area (Å²) in [5.41, 5.74) is 0.350. The van der Waals surface area contributed by atoms with Gasteiger partial charge in [-0.1, -0.05) is 45.9 Å². The predicted molar refractivity (Wildman–Crippen MR) is 201 cm³/mol. The number of carbonyl (C=O) groups excluding carboxylic acids is 3. The number of nitrogens with one attached hydrogen (secondary N) is 1. The first-order chi connectivity index (χ1) is 25.4. The van der Waals surface area contributed by atoms with Crippen molar-refractivity contribution in [1.82, 2.24) is 4.98 Å². The molecule has 0 saturated carbocycles. The molecule has 0 spiro atoms. The number of hydrogen-bond donors (Lipinski definition) is 6. The molecule has 1 amide bonds. The van der Waals surface area contributed by atoms with Gasteiger partial charge in [0.25, 0.3) is 11.7 Å². The summed E-state index contributed by atoms with van der Waals surface area (Å²) in [5, 5.41) is 58.8. The average molecular weight is 769 g/mol. The number of aliphatic hydroxyl groups excluding tert-OH is 3. The van der Waals surface area contributed by atoms with Gasteiger partial charge in [-0.15, -0.1) is 11.3 Å². The fourth-order valence-electron chi connectivity index (χ4n) is 7.23. The Morgan fingerprint density at radius 1 is 1.02 bits per heavy atom. The summed E-state index contributed by atoms with van der Waals surface area (Å²) in [7, 11) is 1.44. The van der Waals surface area contributed by atoms with Gasteiger partial charge < -0.3 is 49.8 Å². The number of phenolic OH excluding ortho intramolecular Hbond substituents is 2. The summed E-state index contributed by atoms with van der Waals surface area (Å²) in [6, 6.07) is 0. The molecule has 2 aliphatic heterocycles. The normalized spacial score (nSPS) is 31.8. The number of methoxy groups -OCH3 is 1. The van der Waals surface area contributed by atoms with E-state index in [9.17, 15) is 39.9 Å². The minimum atomic E-state index is -1.97. The molecule has 6 N–H and O–H groups in total. The highest BCUT2D eigenvalue weighted by atomic mass is 32.1. The van der Waals surface area contributed by atoms with Gasteiger partial charge in [0, 0.05) is 61.2 Å². The number of benzene rings is 2. The van der Waals surface area contributed by atoms with Gasteiger partial charge in [0.1, 0.15) is 28.3 Å². The third-order valence-electron chi connectivity index (χ3n) is 10.5. The molecule has 2 aromatic carbocycles. The van der Waals surface area contributed by atoms with Gasteiger partial charge in [-0.3, -0.25) is 14.4 Å². The third kappa shape index (κ3) is 7.18. The van der Waals surface area contributed by atoms with Crippen molar-refractivity contribution in [3.05, 3.63) is 52.3 Å². The molecule has 0 saturated heterocycles. The van der Waals surface area contributed by atoms with Crippen LogP contribution in [0, 0.1) is 30.6 Å². The quantitative estimate of drug-likeness (QED) is 0.150. The number of esters is 1. The number of Topliss-reactive ketones (excluding diaryl/α,β-unsaturated/α-hetero) is 1. The Balaban J connectivity index is 1.71. The third-order valence-corrected chi connectivity index (χ3v) is 11.6. The van der Waals surface area contributed by atoms with E-state index in [1.807, 2.05) is 0 Å². The minimum Gasteiger partial charge on any atom is -0.507 e. The number of ether oxygens (including phenoxy) is 4. The maximum atomic E-state index is 14.3. The highest BCUT2D eigenvalue weighted by molar-refractivity contribution is 7.19. The second kappa shape index (κ2) is 15.7. The van der Waals surface area contributed by atoms with Crippen LogP contribution < -0.4 is 10.1 Å². The Morgan fingerprint density at radius 2 is 1.70 bits per heavy atom. The van der Waals surface area contributed by atoms with Gasteiger partial charge in [-0.05, 0) is 19.9 Å². The fourth-order valence-corrected chi connectivity index (χ4v) is 8.17. The minimum absolute atomic E-state index is 0.00653. The van der Waals surface area contributed by atoms with Crippen LogP contribution >= 0.6 is 11.3 Å². The van der Waals surface area contributed by atoms with Crippen molar-refractivity contribution >= 4 is 55.7 Å². The number of phenols is 2. The van der Waals surface area contributed by atoms with Crippen LogP contribution in [-0.2, 0) is 30.4 Å². The van der Waals surface area contributed by atoms with E-state index in [-0.39, 0.29) is 54.1 Å². The summed E-state index contributed by atoms with van der Waals surface area (Å²) >= 11 is 0.986. The van der Waals surface area contributed by atoms with Crippen molar-refractivity contribution < 1.29 is 58.9 Å². The number of nitrogens with zero attached hydrogens (tertiary/aromatic N) is 1. The van der Waals surface area contributed by atoms with E-state index < -0.39 is 89.6 Å². The molecule has 0 aliphatic carbocycles. The highest BCUT2D eigenvalue weighted by Gasteiger charge is 2.49. The number of allylic oxidation sites excluding steroid dienone is 2. The number of amides is 1. The van der Waals surface area contributed by atoms with Crippen molar-refractivity contribution in [3.8, 4) is 17.2 Å². The van der Waals surface area contributed by atoms with E-state index in [4.69, 9.17) is 18.9 Å². The summed E-state index contributed by atoms with van der Waals surface area (Å²) in [5.74, 6) is -7.18. The van der Waals surface area contributed by atoms with E-state index in [0.717, 1.165) is 11.3 Å². The number of aromatic hydroxyl groups is 2. The number of aromatic nitrogens is 1. The second-order valence-corrected chi connectivity index (χ2v) is 15.4. The number of ketones is 1. The van der Waals surface area contributed by atoms with Gasteiger partial charge in [0.15, 0.2) is 5.75 Å². The maximum Gasteiger partial charge on any atom is 0.312 e. The van der Waals surface area contributed by atoms with Crippen molar-refractivity contribution in [3.63, 3.8) is 0 Å². The predicted octanol–water partition coefficient (Wildman–Crippen LogP) is 5.15. The first kappa shape index (κ1) is 40.6. The number of anilines is 1. The zero-order valence-electron chi connectivity index (χ0n) is 31.7. The molecule has 292 valence electrons. The van der Waals surface area contributed by atoms with E-state index in [2.05, 4.69) is 10.3 Å². The zero-order chi connectivity index (χ0) is 40.0. The van der Waals surface area contributed by atoms with Crippen molar-refractivity contribution in [1.29, 1.82) is 0 Å². The molecule has 14 nitrogen and oxygen atoms in total. The number of fused-ring (bicyclic) bond motifs is 1. The number of rotatable bonds is 3. The Morgan fingerprint density at radius 3 is 2.33 bits per heavy atom. The molecule has 3 heterocycles. The summed E-state index contributed by atoms with van der Waals surface area (Å²) in [4.78, 5) is 44.7. The summed E-state index contributed by atoms with van der Waals surface area (Å²) in [6.07, 6.45) is 3.72. The topological polar surface area (TPSA) is 214 Å². The lowest BCUT2D eigenvalue weighted by atomic mass is 9.78. The molecule has 3 aromatic rings. The Bertz CT molecular complexity index is 2070. The zero-order valence-corrected chi connectivity index (χ0v) is 32.5. The molecular formula is C39H48N2O12S. The van der Waals surface area contributed by atoms with Crippen molar-refractivity contribution in [2.45, 2.75) is 92.2 Å². The fraction of sp³-hybridized carbons (Fsp3) is 0.487. The monoisotopic (exact) mass is 768 g/mol. The Hall–Kier alpha value is -4.54. The van der Waals surface area contributed by atoms with E-state index in [0.29, 0.717) is 0 Å². The van der Waals surface area contributed by atoms with Gasteiger partial charge in [-0.2, -0.15) is 0 Å². The summed E-state index contributed by atoms with van der Waals surface area (Å²) in [6.45, 7) is 12.2. The molecule has 2 aliphatic rings. The Kier molecular flexibility index (Phi) is 11.8. The largest absolute Gasteiger partial charge is 0.507 e. The Labute approximate surface area is 316 Å². The highest BCUT2D eigenvalue weighted by Crippen LogP contribution is 2.54. The van der Waals surface area contributed by atoms with Crippen LogP contribution in [0.15, 0.2) is 36.1 Å². The average Bonchev–Trinajstić information content (AvgIpc) is 3.68.